The maximum absolute atomic E-state index is 13.6. The number of carbonyl (C=O) groups is 2. The number of halogens is 1. The molecule has 7 heteroatoms. The quantitative estimate of drug-likeness (QED) is 0.373. The van der Waals surface area contributed by atoms with Crippen molar-refractivity contribution in [2.24, 2.45) is 0 Å². The number of H-pyrrole nitrogens is 1. The van der Waals surface area contributed by atoms with E-state index in [0.29, 0.717) is 16.6 Å². The molecule has 0 saturated carbocycles. The van der Waals surface area contributed by atoms with Gasteiger partial charge in [0.25, 0.3) is 0 Å². The Morgan fingerprint density at radius 3 is 2.35 bits per heavy atom. The average molecular weight is 458 g/mol. The fourth-order valence-corrected chi connectivity index (χ4v) is 4.75. The molecular formula is C27H23FN2O4. The zero-order chi connectivity index (χ0) is 23.8. The minimum absolute atomic E-state index is 0.0155. The second kappa shape index (κ2) is 8.67. The third-order valence-electron chi connectivity index (χ3n) is 6.47. The number of hydrogen-bond acceptors (Lipinski definition) is 3. The van der Waals surface area contributed by atoms with Gasteiger partial charge in [-0.2, -0.15) is 0 Å². The van der Waals surface area contributed by atoms with Gasteiger partial charge in [-0.1, -0.05) is 48.5 Å². The summed E-state index contributed by atoms with van der Waals surface area (Å²) in [6.45, 7) is 1.89. The summed E-state index contributed by atoms with van der Waals surface area (Å²) in [4.78, 5) is 27.6. The molecule has 1 amide bonds. The predicted molar refractivity (Wildman–Crippen MR) is 126 cm³/mol. The Bertz CT molecular complexity index is 1370. The van der Waals surface area contributed by atoms with E-state index in [1.54, 1.807) is 13.0 Å². The number of fused-ring (bicyclic) bond motifs is 4. The van der Waals surface area contributed by atoms with Crippen molar-refractivity contribution in [1.29, 1.82) is 0 Å². The van der Waals surface area contributed by atoms with E-state index in [1.807, 2.05) is 48.5 Å². The number of alkyl carbamates (subject to hydrolysis) is 1. The molecule has 0 saturated heterocycles. The zero-order valence-corrected chi connectivity index (χ0v) is 18.5. The van der Waals surface area contributed by atoms with E-state index in [2.05, 4.69) is 10.3 Å². The van der Waals surface area contributed by atoms with Crippen LogP contribution < -0.4 is 5.32 Å². The van der Waals surface area contributed by atoms with Gasteiger partial charge < -0.3 is 20.1 Å². The first-order valence-corrected chi connectivity index (χ1v) is 11.0. The molecule has 0 aliphatic heterocycles. The number of benzene rings is 3. The number of aromatic amines is 1. The Hall–Kier alpha value is -4.13. The normalized spacial score (nSPS) is 13.4. The van der Waals surface area contributed by atoms with Crippen molar-refractivity contribution in [2.45, 2.75) is 25.3 Å². The van der Waals surface area contributed by atoms with E-state index >= 15 is 0 Å². The number of carbonyl (C=O) groups excluding carboxylic acids is 1. The summed E-state index contributed by atoms with van der Waals surface area (Å²) in [6, 6.07) is 19.1. The fourth-order valence-electron chi connectivity index (χ4n) is 4.75. The summed E-state index contributed by atoms with van der Waals surface area (Å²) >= 11 is 0. The van der Waals surface area contributed by atoms with Gasteiger partial charge >= 0.3 is 12.1 Å². The predicted octanol–water partition coefficient (Wildman–Crippen LogP) is 5.15. The topological polar surface area (TPSA) is 91.4 Å². The van der Waals surface area contributed by atoms with Crippen LogP contribution in [0.4, 0.5) is 9.18 Å². The second-order valence-corrected chi connectivity index (χ2v) is 8.48. The summed E-state index contributed by atoms with van der Waals surface area (Å²) in [6.07, 6.45) is -0.782. The van der Waals surface area contributed by atoms with E-state index in [4.69, 9.17) is 4.74 Å². The Morgan fingerprint density at radius 1 is 1.06 bits per heavy atom. The number of rotatable bonds is 6. The number of carboxylic acid groups (broad SMARTS) is 1. The van der Waals surface area contributed by atoms with E-state index in [1.165, 1.54) is 12.1 Å². The van der Waals surface area contributed by atoms with Crippen molar-refractivity contribution in [3.63, 3.8) is 0 Å². The van der Waals surface area contributed by atoms with Gasteiger partial charge in [-0.25, -0.2) is 14.0 Å². The molecule has 1 atom stereocenters. The molecule has 34 heavy (non-hydrogen) atoms. The molecule has 1 aromatic heterocycles. The SMILES string of the molecule is Cc1c(CC(NC(=O)OCC2c3ccccc3-c3ccccc32)C(=O)O)[nH]c2ccc(F)cc12. The first-order valence-electron chi connectivity index (χ1n) is 11.0. The summed E-state index contributed by atoms with van der Waals surface area (Å²) in [7, 11) is 0. The summed E-state index contributed by atoms with van der Waals surface area (Å²) < 4.78 is 19.1. The lowest BCUT2D eigenvalue weighted by molar-refractivity contribution is -0.139. The largest absolute Gasteiger partial charge is 0.480 e. The van der Waals surface area contributed by atoms with Crippen LogP contribution in [0.5, 0.6) is 0 Å². The minimum atomic E-state index is -1.20. The average Bonchev–Trinajstić information content (AvgIpc) is 3.31. The molecule has 0 spiro atoms. The van der Waals surface area contributed by atoms with Gasteiger partial charge in [0.2, 0.25) is 0 Å². The van der Waals surface area contributed by atoms with Gasteiger partial charge in [0.05, 0.1) is 0 Å². The maximum atomic E-state index is 13.6. The zero-order valence-electron chi connectivity index (χ0n) is 18.5. The Kier molecular flexibility index (Phi) is 5.53. The van der Waals surface area contributed by atoms with Crippen LogP contribution in [0.2, 0.25) is 0 Å². The standard InChI is InChI=1S/C27H23FN2O4/c1-15-21-12-16(28)10-11-23(21)29-24(15)13-25(26(31)32)30-27(33)34-14-22-19-8-4-2-6-17(19)18-7-3-5-9-20(18)22/h2-12,22,25,29H,13-14H2,1H3,(H,30,33)(H,31,32). The number of amides is 1. The van der Waals surface area contributed by atoms with Crippen LogP contribution in [0.15, 0.2) is 66.7 Å². The molecule has 1 unspecified atom stereocenters. The van der Waals surface area contributed by atoms with Gasteiger partial charge in [-0.05, 0) is 52.9 Å². The number of aryl methyl sites for hydroxylation is 1. The van der Waals surface area contributed by atoms with E-state index in [0.717, 1.165) is 27.8 Å². The first kappa shape index (κ1) is 21.7. The number of ether oxygens (including phenoxy) is 1. The van der Waals surface area contributed by atoms with Crippen LogP contribution in [0.1, 0.15) is 28.3 Å². The lowest BCUT2D eigenvalue weighted by atomic mass is 9.98. The molecular weight excluding hydrogens is 435 g/mol. The Balaban J connectivity index is 1.29. The van der Waals surface area contributed by atoms with E-state index < -0.39 is 18.1 Å². The van der Waals surface area contributed by atoms with Crippen molar-refractivity contribution in [1.82, 2.24) is 10.3 Å². The van der Waals surface area contributed by atoms with Crippen LogP contribution in [0.25, 0.3) is 22.0 Å². The van der Waals surface area contributed by atoms with Crippen LogP contribution in [-0.2, 0) is 16.0 Å². The molecule has 4 aromatic rings. The smallest absolute Gasteiger partial charge is 0.407 e. The molecule has 172 valence electrons. The third kappa shape index (κ3) is 3.90. The molecule has 0 radical (unpaired) electrons. The summed E-state index contributed by atoms with van der Waals surface area (Å²) in [5.41, 5.74) is 6.45. The Morgan fingerprint density at radius 2 is 1.71 bits per heavy atom. The Labute approximate surface area is 195 Å². The van der Waals surface area contributed by atoms with Crippen LogP contribution in [0, 0.1) is 12.7 Å². The molecule has 5 rings (SSSR count). The third-order valence-corrected chi connectivity index (χ3v) is 6.47. The van der Waals surface area contributed by atoms with Gasteiger partial charge in [0, 0.05) is 28.9 Å². The monoisotopic (exact) mass is 458 g/mol. The first-order chi connectivity index (χ1) is 16.4. The summed E-state index contributed by atoms with van der Waals surface area (Å²) in [5, 5.41) is 12.8. The fraction of sp³-hybridized carbons (Fsp3) is 0.185. The van der Waals surface area contributed by atoms with Gasteiger partial charge in [-0.15, -0.1) is 0 Å². The molecule has 1 aliphatic carbocycles. The van der Waals surface area contributed by atoms with Crippen LogP contribution in [-0.4, -0.2) is 34.8 Å². The van der Waals surface area contributed by atoms with Gasteiger partial charge in [0.1, 0.15) is 18.5 Å². The lowest BCUT2D eigenvalue weighted by Gasteiger charge is -2.17. The van der Waals surface area contributed by atoms with Crippen molar-refractivity contribution in [2.75, 3.05) is 6.61 Å². The minimum Gasteiger partial charge on any atom is -0.480 e. The second-order valence-electron chi connectivity index (χ2n) is 8.48. The highest BCUT2D eigenvalue weighted by atomic mass is 19.1. The molecule has 6 nitrogen and oxygen atoms in total. The molecule has 3 N–H and O–H groups in total. The van der Waals surface area contributed by atoms with Gasteiger partial charge in [0.15, 0.2) is 0 Å². The highest BCUT2D eigenvalue weighted by Gasteiger charge is 2.30. The number of aromatic nitrogens is 1. The molecule has 0 bridgehead atoms. The van der Waals surface area contributed by atoms with Crippen LogP contribution in [0.3, 0.4) is 0 Å². The summed E-state index contributed by atoms with van der Waals surface area (Å²) in [5.74, 6) is -1.67. The molecule has 1 heterocycles. The van der Waals surface area contributed by atoms with Crippen molar-refractivity contribution in [3.05, 3.63) is 94.9 Å². The maximum Gasteiger partial charge on any atom is 0.407 e. The van der Waals surface area contributed by atoms with E-state index in [-0.39, 0.29) is 24.8 Å². The van der Waals surface area contributed by atoms with Crippen LogP contribution >= 0.6 is 0 Å². The number of aliphatic carboxylic acids is 1. The van der Waals surface area contributed by atoms with Crippen molar-refractivity contribution < 1.29 is 23.8 Å². The van der Waals surface area contributed by atoms with Gasteiger partial charge in [-0.3, -0.25) is 0 Å². The highest BCUT2D eigenvalue weighted by molar-refractivity contribution is 5.85. The number of carboxylic acids is 1. The highest BCUT2D eigenvalue weighted by Crippen LogP contribution is 2.44. The van der Waals surface area contributed by atoms with Crippen molar-refractivity contribution >= 4 is 23.0 Å². The van der Waals surface area contributed by atoms with E-state index in [9.17, 15) is 19.1 Å². The molecule has 3 aromatic carbocycles. The van der Waals surface area contributed by atoms with Crippen molar-refractivity contribution in [3.8, 4) is 11.1 Å². The number of nitrogens with one attached hydrogen (secondary N) is 2. The number of hydrogen-bond donors (Lipinski definition) is 3. The molecule has 0 fully saturated rings. The lowest BCUT2D eigenvalue weighted by Crippen LogP contribution is -2.43. The molecule has 1 aliphatic rings.